The first-order valence-electron chi connectivity index (χ1n) is 8.84. The van der Waals surface area contributed by atoms with Crippen molar-refractivity contribution in [2.45, 2.75) is 63.7 Å². The van der Waals surface area contributed by atoms with Crippen LogP contribution in [0.25, 0.3) is 0 Å². The summed E-state index contributed by atoms with van der Waals surface area (Å²) in [6, 6.07) is 0.160. The lowest BCUT2D eigenvalue weighted by Crippen LogP contribution is -2.50. The van der Waals surface area contributed by atoms with E-state index in [2.05, 4.69) is 4.90 Å². The first kappa shape index (κ1) is 14.0. The number of nitrogens with zero attached hydrogens (tertiary/aromatic N) is 1. The van der Waals surface area contributed by atoms with E-state index >= 15 is 0 Å². The Hall–Kier alpha value is -0.610. The second kappa shape index (κ2) is 5.88. The molecule has 118 valence electrons. The van der Waals surface area contributed by atoms with E-state index in [0.29, 0.717) is 25.0 Å². The van der Waals surface area contributed by atoms with Gasteiger partial charge in [0.1, 0.15) is 0 Å². The lowest BCUT2D eigenvalue weighted by Gasteiger charge is -2.39. The van der Waals surface area contributed by atoms with Crippen molar-refractivity contribution in [3.8, 4) is 0 Å². The summed E-state index contributed by atoms with van der Waals surface area (Å²) in [6.07, 6.45) is 9.40. The molecule has 2 bridgehead atoms. The molecule has 2 aliphatic heterocycles. The van der Waals surface area contributed by atoms with Gasteiger partial charge in [-0.3, -0.25) is 4.79 Å². The summed E-state index contributed by atoms with van der Waals surface area (Å²) in [5, 5.41) is 0. The number of piperidine rings is 1. The zero-order chi connectivity index (χ0) is 14.2. The number of hydrogen-bond donors (Lipinski definition) is 0. The normalized spacial score (nSPS) is 40.1. The molecule has 0 aromatic carbocycles. The van der Waals surface area contributed by atoms with Gasteiger partial charge in [0.15, 0.2) is 6.29 Å². The predicted molar refractivity (Wildman–Crippen MR) is 78.6 cm³/mol. The molecule has 1 amide bonds. The molecule has 0 aromatic heterocycles. The summed E-state index contributed by atoms with van der Waals surface area (Å²) < 4.78 is 11.4. The van der Waals surface area contributed by atoms with Gasteiger partial charge in [-0.05, 0) is 56.3 Å². The monoisotopic (exact) mass is 293 g/mol. The van der Waals surface area contributed by atoms with Crippen LogP contribution in [0.15, 0.2) is 0 Å². The van der Waals surface area contributed by atoms with Gasteiger partial charge in [-0.15, -0.1) is 0 Å². The van der Waals surface area contributed by atoms with E-state index in [1.165, 1.54) is 32.1 Å². The quantitative estimate of drug-likeness (QED) is 0.803. The van der Waals surface area contributed by atoms with E-state index in [9.17, 15) is 4.79 Å². The smallest absolute Gasteiger partial charge is 0.223 e. The van der Waals surface area contributed by atoms with E-state index < -0.39 is 0 Å². The molecule has 0 spiro atoms. The Labute approximate surface area is 127 Å². The first-order valence-corrected chi connectivity index (χ1v) is 8.84. The molecule has 4 rings (SSSR count). The van der Waals surface area contributed by atoms with Gasteiger partial charge in [-0.1, -0.05) is 6.42 Å². The number of fused-ring (bicyclic) bond motifs is 2. The van der Waals surface area contributed by atoms with E-state index in [1.54, 1.807) is 0 Å². The Balaban J connectivity index is 1.39. The number of carbonyl (C=O) groups is 1. The van der Waals surface area contributed by atoms with E-state index in [0.717, 1.165) is 37.6 Å². The second-order valence-corrected chi connectivity index (χ2v) is 7.40. The van der Waals surface area contributed by atoms with Crippen LogP contribution in [0.2, 0.25) is 0 Å². The van der Waals surface area contributed by atoms with Crippen molar-refractivity contribution in [2.75, 3.05) is 19.8 Å². The Morgan fingerprint density at radius 3 is 2.62 bits per heavy atom. The highest BCUT2D eigenvalue weighted by molar-refractivity contribution is 5.77. The first-order chi connectivity index (χ1) is 10.3. The van der Waals surface area contributed by atoms with Gasteiger partial charge >= 0.3 is 0 Å². The standard InChI is InChI=1S/C17H27NO3/c19-16(11-14-10-12-4-5-13(14)9-12)18-6-2-1-3-15(18)17-20-7-8-21-17/h12-15,17H,1-11H2. The van der Waals surface area contributed by atoms with Gasteiger partial charge in [0.05, 0.1) is 19.3 Å². The molecule has 0 radical (unpaired) electrons. The Morgan fingerprint density at radius 2 is 1.90 bits per heavy atom. The van der Waals surface area contributed by atoms with Gasteiger partial charge in [0.2, 0.25) is 5.91 Å². The third kappa shape index (κ3) is 2.72. The maximum Gasteiger partial charge on any atom is 0.223 e. The largest absolute Gasteiger partial charge is 0.348 e. The minimum Gasteiger partial charge on any atom is -0.348 e. The number of ether oxygens (including phenoxy) is 2. The van der Waals surface area contributed by atoms with Crippen LogP contribution in [0, 0.1) is 17.8 Å². The molecule has 2 saturated carbocycles. The maximum atomic E-state index is 12.8. The highest BCUT2D eigenvalue weighted by Crippen LogP contribution is 2.49. The fraction of sp³-hybridized carbons (Fsp3) is 0.941. The molecule has 4 atom stereocenters. The fourth-order valence-corrected chi connectivity index (χ4v) is 5.12. The van der Waals surface area contributed by atoms with Crippen molar-refractivity contribution < 1.29 is 14.3 Å². The number of likely N-dealkylation sites (tertiary alicyclic amines) is 1. The highest BCUT2D eigenvalue weighted by atomic mass is 16.7. The Morgan fingerprint density at radius 1 is 1.05 bits per heavy atom. The average Bonchev–Trinajstić information content (AvgIpc) is 3.25. The zero-order valence-electron chi connectivity index (χ0n) is 12.8. The summed E-state index contributed by atoms with van der Waals surface area (Å²) in [6.45, 7) is 2.25. The molecule has 2 saturated heterocycles. The number of hydrogen-bond acceptors (Lipinski definition) is 3. The molecule has 4 heteroatoms. The number of rotatable bonds is 3. The van der Waals surface area contributed by atoms with Crippen LogP contribution in [-0.2, 0) is 14.3 Å². The Bertz CT molecular complexity index is 393. The highest BCUT2D eigenvalue weighted by Gasteiger charge is 2.42. The second-order valence-electron chi connectivity index (χ2n) is 7.40. The van der Waals surface area contributed by atoms with Crippen LogP contribution >= 0.6 is 0 Å². The molecule has 0 aromatic rings. The predicted octanol–water partition coefficient (Wildman–Crippen LogP) is 2.57. The third-order valence-electron chi connectivity index (χ3n) is 6.15. The Kier molecular flexibility index (Phi) is 3.92. The number of amides is 1. The van der Waals surface area contributed by atoms with Crippen LogP contribution < -0.4 is 0 Å². The molecule has 2 heterocycles. The summed E-state index contributed by atoms with van der Waals surface area (Å²) >= 11 is 0. The molecule has 4 unspecified atom stereocenters. The molecular weight excluding hydrogens is 266 g/mol. The van der Waals surface area contributed by atoms with Crippen LogP contribution in [0.3, 0.4) is 0 Å². The average molecular weight is 293 g/mol. The van der Waals surface area contributed by atoms with Crippen molar-refractivity contribution in [3.05, 3.63) is 0 Å². The molecule has 4 fully saturated rings. The minimum atomic E-state index is -0.172. The van der Waals surface area contributed by atoms with E-state index in [4.69, 9.17) is 9.47 Å². The summed E-state index contributed by atoms with van der Waals surface area (Å²) in [7, 11) is 0. The van der Waals surface area contributed by atoms with E-state index in [-0.39, 0.29) is 12.3 Å². The van der Waals surface area contributed by atoms with Crippen LogP contribution in [0.1, 0.15) is 51.4 Å². The topological polar surface area (TPSA) is 38.8 Å². The molecule has 4 nitrogen and oxygen atoms in total. The van der Waals surface area contributed by atoms with Gasteiger partial charge < -0.3 is 14.4 Å². The minimum absolute atomic E-state index is 0.160. The zero-order valence-corrected chi connectivity index (χ0v) is 12.8. The van der Waals surface area contributed by atoms with Gasteiger partial charge in [0, 0.05) is 13.0 Å². The van der Waals surface area contributed by atoms with Gasteiger partial charge in [-0.25, -0.2) is 0 Å². The summed E-state index contributed by atoms with van der Waals surface area (Å²) in [5.41, 5.74) is 0. The molecule has 0 N–H and O–H groups in total. The lowest BCUT2D eigenvalue weighted by molar-refractivity contribution is -0.151. The van der Waals surface area contributed by atoms with Gasteiger partial charge in [-0.2, -0.15) is 0 Å². The number of carbonyl (C=O) groups excluding carboxylic acids is 1. The van der Waals surface area contributed by atoms with Crippen LogP contribution in [0.5, 0.6) is 0 Å². The molecule has 2 aliphatic carbocycles. The molecule has 21 heavy (non-hydrogen) atoms. The van der Waals surface area contributed by atoms with Crippen molar-refractivity contribution in [2.24, 2.45) is 17.8 Å². The third-order valence-corrected chi connectivity index (χ3v) is 6.15. The fourth-order valence-electron chi connectivity index (χ4n) is 5.12. The van der Waals surface area contributed by atoms with Crippen molar-refractivity contribution >= 4 is 5.91 Å². The van der Waals surface area contributed by atoms with Crippen LogP contribution in [0.4, 0.5) is 0 Å². The maximum absolute atomic E-state index is 12.8. The van der Waals surface area contributed by atoms with Gasteiger partial charge in [0.25, 0.3) is 0 Å². The SMILES string of the molecule is O=C(CC1CC2CCC1C2)N1CCCCC1C1OCCO1. The van der Waals surface area contributed by atoms with Crippen LogP contribution in [-0.4, -0.2) is 42.9 Å². The van der Waals surface area contributed by atoms with Crippen molar-refractivity contribution in [1.82, 2.24) is 4.90 Å². The molecular formula is C17H27NO3. The van der Waals surface area contributed by atoms with Crippen molar-refractivity contribution in [1.29, 1.82) is 0 Å². The van der Waals surface area contributed by atoms with Crippen molar-refractivity contribution in [3.63, 3.8) is 0 Å². The lowest BCUT2D eigenvalue weighted by atomic mass is 9.85. The summed E-state index contributed by atoms with van der Waals surface area (Å²) in [4.78, 5) is 14.9. The summed E-state index contributed by atoms with van der Waals surface area (Å²) in [5.74, 6) is 2.77. The van der Waals surface area contributed by atoms with E-state index in [1.807, 2.05) is 0 Å². The molecule has 4 aliphatic rings.